The Bertz CT molecular complexity index is 928. The van der Waals surface area contributed by atoms with E-state index in [0.717, 1.165) is 10.0 Å². The van der Waals surface area contributed by atoms with Crippen molar-refractivity contribution in [2.75, 3.05) is 16.2 Å². The Hall–Kier alpha value is -1.38. The molecule has 0 aromatic heterocycles. The zero-order valence-electron chi connectivity index (χ0n) is 13.4. The molecule has 0 aliphatic carbocycles. The first-order valence-electron chi connectivity index (χ1n) is 7.73. The minimum Gasteiger partial charge on any atom is -0.310 e. The molecule has 2 aromatic carbocycles. The maximum atomic E-state index is 13.0. The minimum atomic E-state index is -3.84. The van der Waals surface area contributed by atoms with Gasteiger partial charge in [0.15, 0.2) is 0 Å². The molecule has 0 radical (unpaired) electrons. The van der Waals surface area contributed by atoms with Crippen LogP contribution in [0.2, 0.25) is 0 Å². The van der Waals surface area contributed by atoms with E-state index in [2.05, 4.69) is 36.6 Å². The fourth-order valence-electron chi connectivity index (χ4n) is 2.84. The summed E-state index contributed by atoms with van der Waals surface area (Å²) in [7, 11) is -3.84. The SMILES string of the molecule is CCC(=O)N1CCc2cc(Br)cc(S(=O)(=O)Nc3ccc(Br)cc3)c21. The quantitative estimate of drug-likeness (QED) is 0.698. The largest absolute Gasteiger partial charge is 0.310 e. The van der Waals surface area contributed by atoms with Gasteiger partial charge in [0.1, 0.15) is 4.90 Å². The van der Waals surface area contributed by atoms with Gasteiger partial charge >= 0.3 is 0 Å². The molecule has 0 atom stereocenters. The third-order valence-corrected chi connectivity index (χ3v) is 6.36. The summed E-state index contributed by atoms with van der Waals surface area (Å²) in [6, 6.07) is 10.3. The predicted molar refractivity (Wildman–Crippen MR) is 105 cm³/mol. The zero-order valence-corrected chi connectivity index (χ0v) is 17.4. The highest BCUT2D eigenvalue weighted by Gasteiger charge is 2.32. The summed E-state index contributed by atoms with van der Waals surface area (Å²) in [5.74, 6) is -0.0823. The number of nitrogens with one attached hydrogen (secondary N) is 1. The second kappa shape index (κ2) is 7.09. The van der Waals surface area contributed by atoms with E-state index >= 15 is 0 Å². The smallest absolute Gasteiger partial charge is 0.264 e. The third kappa shape index (κ3) is 3.75. The number of carbonyl (C=O) groups is 1. The first-order chi connectivity index (χ1) is 11.8. The number of nitrogens with zero attached hydrogens (tertiary/aromatic N) is 1. The van der Waals surface area contributed by atoms with Crippen molar-refractivity contribution in [3.8, 4) is 0 Å². The van der Waals surface area contributed by atoms with E-state index < -0.39 is 10.0 Å². The standard InChI is InChI=1S/C17H16Br2N2O3S/c1-2-16(22)21-8-7-11-9-13(19)10-15(17(11)21)25(23,24)20-14-5-3-12(18)4-6-14/h3-6,9-10,20H,2,7-8H2,1H3. The van der Waals surface area contributed by atoms with E-state index in [1.54, 1.807) is 42.2 Å². The lowest BCUT2D eigenvalue weighted by Crippen LogP contribution is -2.29. The van der Waals surface area contributed by atoms with Crippen molar-refractivity contribution in [1.29, 1.82) is 0 Å². The summed E-state index contributed by atoms with van der Waals surface area (Å²) in [5, 5.41) is 0. The van der Waals surface area contributed by atoms with Gasteiger partial charge in [-0.15, -0.1) is 0 Å². The van der Waals surface area contributed by atoms with Gasteiger partial charge in [0.25, 0.3) is 10.0 Å². The van der Waals surface area contributed by atoms with Gasteiger partial charge < -0.3 is 4.90 Å². The lowest BCUT2D eigenvalue weighted by atomic mass is 10.2. The molecule has 1 amide bonds. The molecular weight excluding hydrogens is 472 g/mol. The van der Waals surface area contributed by atoms with Crippen molar-refractivity contribution < 1.29 is 13.2 Å². The molecule has 0 bridgehead atoms. The Kier molecular flexibility index (Phi) is 5.22. The van der Waals surface area contributed by atoms with Gasteiger partial charge in [-0.2, -0.15) is 0 Å². The number of rotatable bonds is 4. The van der Waals surface area contributed by atoms with E-state index in [1.165, 1.54) is 0 Å². The highest BCUT2D eigenvalue weighted by Crippen LogP contribution is 2.38. The first kappa shape index (κ1) is 18.4. The lowest BCUT2D eigenvalue weighted by molar-refractivity contribution is -0.118. The van der Waals surface area contributed by atoms with Gasteiger partial charge in [-0.25, -0.2) is 8.42 Å². The number of amides is 1. The number of hydrogen-bond donors (Lipinski definition) is 1. The van der Waals surface area contributed by atoms with Crippen molar-refractivity contribution >= 4 is 59.2 Å². The molecule has 132 valence electrons. The molecule has 0 fully saturated rings. The highest BCUT2D eigenvalue weighted by molar-refractivity contribution is 9.10. The Labute approximate surface area is 163 Å². The molecule has 3 rings (SSSR count). The van der Waals surface area contributed by atoms with Crippen LogP contribution in [0.4, 0.5) is 11.4 Å². The number of fused-ring (bicyclic) bond motifs is 1. The topological polar surface area (TPSA) is 66.5 Å². The maximum Gasteiger partial charge on any atom is 0.264 e. The summed E-state index contributed by atoms with van der Waals surface area (Å²) in [6.07, 6.45) is 0.969. The van der Waals surface area contributed by atoms with Crippen molar-refractivity contribution in [3.05, 3.63) is 50.9 Å². The Morgan fingerprint density at radius 2 is 1.84 bits per heavy atom. The van der Waals surface area contributed by atoms with Gasteiger partial charge in [0.05, 0.1) is 5.69 Å². The third-order valence-electron chi connectivity index (χ3n) is 3.98. The molecule has 2 aromatic rings. The Balaban J connectivity index is 2.07. The van der Waals surface area contributed by atoms with Crippen LogP contribution in [0.25, 0.3) is 0 Å². The molecule has 0 spiro atoms. The molecule has 1 aliphatic heterocycles. The van der Waals surface area contributed by atoms with Gasteiger partial charge in [-0.05, 0) is 48.4 Å². The van der Waals surface area contributed by atoms with Crippen LogP contribution in [0.3, 0.4) is 0 Å². The van der Waals surface area contributed by atoms with E-state index in [9.17, 15) is 13.2 Å². The number of benzene rings is 2. The number of hydrogen-bond acceptors (Lipinski definition) is 3. The van der Waals surface area contributed by atoms with Crippen LogP contribution in [0.5, 0.6) is 0 Å². The summed E-state index contributed by atoms with van der Waals surface area (Å²) < 4.78 is 30.1. The van der Waals surface area contributed by atoms with Crippen LogP contribution in [0, 0.1) is 0 Å². The van der Waals surface area contributed by atoms with Crippen LogP contribution in [-0.2, 0) is 21.2 Å². The summed E-state index contributed by atoms with van der Waals surface area (Å²) >= 11 is 6.70. The summed E-state index contributed by atoms with van der Waals surface area (Å²) in [4.78, 5) is 13.9. The predicted octanol–water partition coefficient (Wildman–Crippen LogP) is 4.31. The van der Waals surface area contributed by atoms with Crippen LogP contribution in [0.1, 0.15) is 18.9 Å². The maximum absolute atomic E-state index is 13.0. The first-order valence-corrected chi connectivity index (χ1v) is 10.8. The second-order valence-corrected chi connectivity index (χ2v) is 9.16. The Morgan fingerprint density at radius 1 is 1.16 bits per heavy atom. The highest BCUT2D eigenvalue weighted by atomic mass is 79.9. The number of halogens is 2. The van der Waals surface area contributed by atoms with Crippen molar-refractivity contribution in [1.82, 2.24) is 0 Å². The van der Waals surface area contributed by atoms with E-state index in [-0.39, 0.29) is 10.8 Å². The molecule has 1 heterocycles. The van der Waals surface area contributed by atoms with Crippen LogP contribution < -0.4 is 9.62 Å². The van der Waals surface area contributed by atoms with Crippen molar-refractivity contribution in [2.24, 2.45) is 0 Å². The van der Waals surface area contributed by atoms with E-state index in [4.69, 9.17) is 0 Å². The molecule has 0 saturated carbocycles. The lowest BCUT2D eigenvalue weighted by Gasteiger charge is -2.20. The van der Waals surface area contributed by atoms with Crippen molar-refractivity contribution in [2.45, 2.75) is 24.7 Å². The molecule has 1 aliphatic rings. The monoisotopic (exact) mass is 486 g/mol. The molecule has 25 heavy (non-hydrogen) atoms. The van der Waals surface area contributed by atoms with E-state index in [1.807, 2.05) is 6.07 Å². The molecule has 5 nitrogen and oxygen atoms in total. The van der Waals surface area contributed by atoms with Gasteiger partial charge in [-0.3, -0.25) is 9.52 Å². The number of sulfonamides is 1. The molecular formula is C17H16Br2N2O3S. The average Bonchev–Trinajstić information content (AvgIpc) is 2.98. The van der Waals surface area contributed by atoms with Crippen LogP contribution in [-0.4, -0.2) is 20.9 Å². The van der Waals surface area contributed by atoms with Crippen LogP contribution in [0.15, 0.2) is 50.2 Å². The van der Waals surface area contributed by atoms with Crippen LogP contribution >= 0.6 is 31.9 Å². The van der Waals surface area contributed by atoms with Gasteiger partial charge in [0.2, 0.25) is 5.91 Å². The second-order valence-electron chi connectivity index (χ2n) is 5.67. The zero-order chi connectivity index (χ0) is 18.2. The summed E-state index contributed by atoms with van der Waals surface area (Å²) in [6.45, 7) is 2.27. The van der Waals surface area contributed by atoms with Gasteiger partial charge in [-0.1, -0.05) is 38.8 Å². The fourth-order valence-corrected chi connectivity index (χ4v) is 5.10. The minimum absolute atomic E-state index is 0.0823. The Morgan fingerprint density at radius 3 is 2.48 bits per heavy atom. The number of carbonyl (C=O) groups excluding carboxylic acids is 1. The molecule has 0 saturated heterocycles. The fraction of sp³-hybridized carbons (Fsp3) is 0.235. The van der Waals surface area contributed by atoms with E-state index in [0.29, 0.717) is 35.2 Å². The number of anilines is 2. The molecule has 0 unspecified atom stereocenters. The van der Waals surface area contributed by atoms with Crippen molar-refractivity contribution in [3.63, 3.8) is 0 Å². The average molecular weight is 488 g/mol. The molecule has 1 N–H and O–H groups in total. The van der Waals surface area contributed by atoms with Gasteiger partial charge in [0, 0.05) is 27.6 Å². The normalized spacial score (nSPS) is 13.6. The molecule has 8 heteroatoms. The summed E-state index contributed by atoms with van der Waals surface area (Å²) in [5.41, 5.74) is 1.80.